The van der Waals surface area contributed by atoms with Gasteiger partial charge in [0, 0.05) is 12.3 Å². The number of aromatic nitrogens is 1. The highest BCUT2D eigenvalue weighted by Crippen LogP contribution is 2.22. The average molecular weight is 198 g/mol. The predicted octanol–water partition coefficient (Wildman–Crippen LogP) is 1.20. The van der Waals surface area contributed by atoms with Crippen molar-refractivity contribution in [2.24, 2.45) is 0 Å². The molecule has 1 aromatic heterocycles. The maximum absolute atomic E-state index is 11.5. The van der Waals surface area contributed by atoms with Gasteiger partial charge in [-0.25, -0.2) is 9.63 Å². The number of rotatable bonds is 2. The fraction of sp³-hybridized carbons (Fsp3) is 0.250. The molecule has 1 amide bonds. The van der Waals surface area contributed by atoms with Gasteiger partial charge in [0.15, 0.2) is 0 Å². The zero-order valence-corrected chi connectivity index (χ0v) is 7.80. The summed E-state index contributed by atoms with van der Waals surface area (Å²) in [5, 5.41) is 20.2. The Morgan fingerprint density at radius 2 is 2.36 bits per heavy atom. The van der Waals surface area contributed by atoms with Crippen molar-refractivity contribution in [3.63, 3.8) is 0 Å². The van der Waals surface area contributed by atoms with Crippen molar-refractivity contribution in [1.29, 1.82) is 0 Å². The van der Waals surface area contributed by atoms with E-state index in [1.165, 1.54) is 25.4 Å². The van der Waals surface area contributed by atoms with Crippen molar-refractivity contribution in [2.45, 2.75) is 0 Å². The SMILES string of the molecule is COc1cc([N+](C)([O-])C(=O)O)ccn1. The van der Waals surface area contributed by atoms with Crippen LogP contribution in [0.4, 0.5) is 10.5 Å². The van der Waals surface area contributed by atoms with Crippen LogP contribution < -0.4 is 9.38 Å². The molecular formula is C8H10N2O4. The lowest BCUT2D eigenvalue weighted by Crippen LogP contribution is -2.43. The van der Waals surface area contributed by atoms with Gasteiger partial charge in [-0.3, -0.25) is 0 Å². The van der Waals surface area contributed by atoms with Gasteiger partial charge in [0.2, 0.25) is 5.88 Å². The van der Waals surface area contributed by atoms with Gasteiger partial charge in [-0.15, -0.1) is 0 Å². The summed E-state index contributed by atoms with van der Waals surface area (Å²) >= 11 is 0. The van der Waals surface area contributed by atoms with Gasteiger partial charge in [-0.1, -0.05) is 0 Å². The standard InChI is InChI=1S/C8H10N2O4/c1-10(13,8(11)12)6-3-4-9-7(5-6)14-2/h3-5H,1-2H3,(H,11,12). The van der Waals surface area contributed by atoms with Crippen molar-refractivity contribution < 1.29 is 14.6 Å². The zero-order chi connectivity index (χ0) is 10.8. The lowest BCUT2D eigenvalue weighted by atomic mass is 10.3. The Morgan fingerprint density at radius 1 is 1.71 bits per heavy atom. The molecule has 1 atom stereocenters. The molecule has 1 aromatic rings. The van der Waals surface area contributed by atoms with Crippen LogP contribution in [0.25, 0.3) is 0 Å². The Kier molecular flexibility index (Phi) is 2.68. The Balaban J connectivity index is 3.12. The number of hydroxylamine groups is 2. The molecule has 0 aliphatic heterocycles. The van der Waals surface area contributed by atoms with Crippen LogP contribution in [0.5, 0.6) is 5.88 Å². The Bertz CT molecular complexity index is 351. The summed E-state index contributed by atoms with van der Waals surface area (Å²) in [4.78, 5) is 14.4. The molecule has 1 heterocycles. The van der Waals surface area contributed by atoms with E-state index >= 15 is 0 Å². The summed E-state index contributed by atoms with van der Waals surface area (Å²) in [6, 6.07) is 2.63. The summed E-state index contributed by atoms with van der Waals surface area (Å²) < 4.78 is 3.28. The minimum atomic E-state index is -1.50. The van der Waals surface area contributed by atoms with E-state index in [4.69, 9.17) is 9.84 Å². The molecule has 0 radical (unpaired) electrons. The van der Waals surface area contributed by atoms with Crippen LogP contribution in [-0.2, 0) is 0 Å². The summed E-state index contributed by atoms with van der Waals surface area (Å²) in [6.45, 7) is 0. The van der Waals surface area contributed by atoms with Gasteiger partial charge in [-0.2, -0.15) is 4.79 Å². The number of hydrogen-bond donors (Lipinski definition) is 1. The molecule has 1 unspecified atom stereocenters. The summed E-state index contributed by atoms with van der Waals surface area (Å²) in [7, 11) is 2.42. The van der Waals surface area contributed by atoms with Gasteiger partial charge in [-0.05, 0) is 0 Å². The topological polar surface area (TPSA) is 82.5 Å². The maximum atomic E-state index is 11.5. The molecule has 0 spiro atoms. The van der Waals surface area contributed by atoms with Crippen LogP contribution >= 0.6 is 0 Å². The number of ether oxygens (including phenoxy) is 1. The van der Waals surface area contributed by atoms with Gasteiger partial charge in [0.05, 0.1) is 20.2 Å². The lowest BCUT2D eigenvalue weighted by molar-refractivity contribution is 0.171. The molecule has 0 saturated heterocycles. The van der Waals surface area contributed by atoms with Crippen LogP contribution in [0.1, 0.15) is 0 Å². The highest BCUT2D eigenvalue weighted by atomic mass is 16.6. The van der Waals surface area contributed by atoms with E-state index in [1.54, 1.807) is 0 Å². The molecule has 1 rings (SSSR count). The van der Waals surface area contributed by atoms with Crippen LogP contribution in [0.15, 0.2) is 18.3 Å². The Labute approximate surface area is 80.5 Å². The minimum Gasteiger partial charge on any atom is -0.617 e. The number of carbonyl (C=O) groups is 1. The van der Waals surface area contributed by atoms with E-state index in [9.17, 15) is 10.0 Å². The van der Waals surface area contributed by atoms with E-state index in [-0.39, 0.29) is 11.6 Å². The third-order valence-electron chi connectivity index (χ3n) is 1.79. The van der Waals surface area contributed by atoms with Crippen LogP contribution in [-0.4, -0.2) is 30.3 Å². The van der Waals surface area contributed by atoms with Crippen LogP contribution in [0.2, 0.25) is 0 Å². The minimum absolute atomic E-state index is 0.0596. The number of methoxy groups -OCH3 is 1. The number of quaternary nitrogens is 1. The third kappa shape index (κ3) is 1.81. The summed E-state index contributed by atoms with van der Waals surface area (Å²) in [5.74, 6) is 0.212. The number of pyridine rings is 1. The smallest absolute Gasteiger partial charge is 0.518 e. The fourth-order valence-corrected chi connectivity index (χ4v) is 0.886. The van der Waals surface area contributed by atoms with E-state index in [0.29, 0.717) is 0 Å². The van der Waals surface area contributed by atoms with Crippen molar-refractivity contribution in [1.82, 2.24) is 9.63 Å². The zero-order valence-electron chi connectivity index (χ0n) is 7.80. The quantitative estimate of drug-likeness (QED) is 0.570. The second-order valence-corrected chi connectivity index (χ2v) is 2.76. The molecule has 0 fully saturated rings. The van der Waals surface area contributed by atoms with Gasteiger partial charge < -0.3 is 15.1 Å². The summed E-state index contributed by atoms with van der Waals surface area (Å²) in [5.41, 5.74) is 0.0596. The van der Waals surface area contributed by atoms with E-state index < -0.39 is 10.7 Å². The van der Waals surface area contributed by atoms with E-state index in [2.05, 4.69) is 4.98 Å². The molecule has 6 heteroatoms. The first-order valence-corrected chi connectivity index (χ1v) is 3.80. The Morgan fingerprint density at radius 3 is 2.86 bits per heavy atom. The monoisotopic (exact) mass is 198 g/mol. The van der Waals surface area contributed by atoms with Crippen LogP contribution in [0, 0.1) is 5.21 Å². The van der Waals surface area contributed by atoms with Crippen molar-refractivity contribution in [3.8, 4) is 5.88 Å². The second-order valence-electron chi connectivity index (χ2n) is 2.76. The van der Waals surface area contributed by atoms with Crippen molar-refractivity contribution >= 4 is 11.8 Å². The number of nitrogens with zero attached hydrogens (tertiary/aromatic N) is 2. The molecule has 14 heavy (non-hydrogen) atoms. The third-order valence-corrected chi connectivity index (χ3v) is 1.79. The van der Waals surface area contributed by atoms with Gasteiger partial charge >= 0.3 is 6.09 Å². The molecule has 0 aliphatic rings. The van der Waals surface area contributed by atoms with Gasteiger partial charge in [0.25, 0.3) is 0 Å². The highest BCUT2D eigenvalue weighted by molar-refractivity contribution is 5.80. The molecular weight excluding hydrogens is 188 g/mol. The van der Waals surface area contributed by atoms with Crippen molar-refractivity contribution in [2.75, 3.05) is 14.2 Å². The maximum Gasteiger partial charge on any atom is 0.518 e. The molecule has 1 N–H and O–H groups in total. The lowest BCUT2D eigenvalue weighted by Gasteiger charge is -2.30. The normalized spacial score (nSPS) is 14.5. The molecule has 0 saturated carbocycles. The van der Waals surface area contributed by atoms with E-state index in [0.717, 1.165) is 7.05 Å². The molecule has 6 nitrogen and oxygen atoms in total. The van der Waals surface area contributed by atoms with Crippen molar-refractivity contribution in [3.05, 3.63) is 23.5 Å². The molecule has 0 aliphatic carbocycles. The second kappa shape index (κ2) is 3.60. The fourth-order valence-electron chi connectivity index (χ4n) is 0.886. The number of hydrogen-bond acceptors (Lipinski definition) is 4. The molecule has 76 valence electrons. The predicted molar refractivity (Wildman–Crippen MR) is 49.9 cm³/mol. The first kappa shape index (κ1) is 10.4. The van der Waals surface area contributed by atoms with E-state index in [1.807, 2.05) is 0 Å². The highest BCUT2D eigenvalue weighted by Gasteiger charge is 2.24. The number of amides is 1. The Hall–Kier alpha value is -1.66. The summed E-state index contributed by atoms with van der Waals surface area (Å²) in [6.07, 6.45) is -0.163. The molecule has 0 aromatic carbocycles. The van der Waals surface area contributed by atoms with Crippen LogP contribution in [0.3, 0.4) is 0 Å². The largest absolute Gasteiger partial charge is 0.617 e. The first-order chi connectivity index (χ1) is 6.48. The van der Waals surface area contributed by atoms with Gasteiger partial charge in [0.1, 0.15) is 5.69 Å². The first-order valence-electron chi connectivity index (χ1n) is 3.80. The average Bonchev–Trinajstić information content (AvgIpc) is 2.17. The number of carboxylic acid groups (broad SMARTS) is 1. The molecule has 0 bridgehead atoms.